The zero-order valence-electron chi connectivity index (χ0n) is 8.77. The normalized spacial score (nSPS) is 10.1. The van der Waals surface area contributed by atoms with Gasteiger partial charge in [0.1, 0.15) is 0 Å². The SMILES string of the molecule is O=C(O)c1ccccc1NCc1csc(=O)[nH]1. The molecule has 0 bridgehead atoms. The van der Waals surface area contributed by atoms with E-state index in [0.717, 1.165) is 17.0 Å². The molecule has 5 nitrogen and oxygen atoms in total. The van der Waals surface area contributed by atoms with Crippen LogP contribution in [0.2, 0.25) is 0 Å². The Balaban J connectivity index is 2.14. The van der Waals surface area contributed by atoms with Crippen molar-refractivity contribution in [1.29, 1.82) is 0 Å². The van der Waals surface area contributed by atoms with Gasteiger partial charge in [-0.1, -0.05) is 23.5 Å². The van der Waals surface area contributed by atoms with Crippen molar-refractivity contribution in [3.8, 4) is 0 Å². The second kappa shape index (κ2) is 4.84. The predicted octanol–water partition coefficient (Wildman–Crippen LogP) is 1.75. The summed E-state index contributed by atoms with van der Waals surface area (Å²) in [5.74, 6) is -0.980. The Bertz CT molecular complexity index is 588. The Morgan fingerprint density at radius 2 is 2.18 bits per heavy atom. The molecule has 2 rings (SSSR count). The van der Waals surface area contributed by atoms with Crippen LogP contribution in [0.25, 0.3) is 0 Å². The van der Waals surface area contributed by atoms with Gasteiger partial charge in [0.2, 0.25) is 0 Å². The Morgan fingerprint density at radius 1 is 1.41 bits per heavy atom. The van der Waals surface area contributed by atoms with E-state index in [9.17, 15) is 9.59 Å². The Hall–Kier alpha value is -2.08. The number of hydrogen-bond donors (Lipinski definition) is 3. The smallest absolute Gasteiger partial charge is 0.337 e. The number of hydrogen-bond acceptors (Lipinski definition) is 4. The third kappa shape index (κ3) is 2.73. The van der Waals surface area contributed by atoms with Crippen molar-refractivity contribution in [2.45, 2.75) is 6.54 Å². The fourth-order valence-electron chi connectivity index (χ4n) is 1.41. The molecule has 0 spiro atoms. The van der Waals surface area contributed by atoms with Gasteiger partial charge in [-0.3, -0.25) is 4.79 Å². The molecule has 0 saturated carbocycles. The number of H-pyrrole nitrogens is 1. The average molecular weight is 250 g/mol. The molecule has 0 atom stereocenters. The molecule has 0 amide bonds. The van der Waals surface area contributed by atoms with Crippen LogP contribution in [0.4, 0.5) is 5.69 Å². The molecular weight excluding hydrogens is 240 g/mol. The molecule has 1 aromatic heterocycles. The van der Waals surface area contributed by atoms with Gasteiger partial charge in [-0.25, -0.2) is 4.79 Å². The molecule has 6 heteroatoms. The lowest BCUT2D eigenvalue weighted by atomic mass is 10.2. The highest BCUT2D eigenvalue weighted by Gasteiger charge is 2.08. The summed E-state index contributed by atoms with van der Waals surface area (Å²) in [4.78, 5) is 24.4. The molecule has 0 unspecified atom stereocenters. The van der Waals surface area contributed by atoms with Gasteiger partial charge in [0.05, 0.1) is 12.1 Å². The third-order valence-electron chi connectivity index (χ3n) is 2.20. The molecule has 0 aliphatic heterocycles. The second-order valence-corrected chi connectivity index (χ2v) is 4.22. The standard InChI is InChI=1S/C11H10N2O3S/c14-10(15)8-3-1-2-4-9(8)12-5-7-6-17-11(16)13-7/h1-4,6,12H,5H2,(H,13,16)(H,14,15). The average Bonchev–Trinajstić information content (AvgIpc) is 2.73. The number of thiazole rings is 1. The summed E-state index contributed by atoms with van der Waals surface area (Å²) < 4.78 is 0. The molecule has 0 radical (unpaired) electrons. The zero-order chi connectivity index (χ0) is 12.3. The van der Waals surface area contributed by atoms with Gasteiger partial charge in [-0.15, -0.1) is 0 Å². The van der Waals surface area contributed by atoms with Crippen molar-refractivity contribution in [2.24, 2.45) is 0 Å². The molecule has 2 aromatic rings. The maximum atomic E-state index is 10.9. The first kappa shape index (κ1) is 11.4. The van der Waals surface area contributed by atoms with E-state index in [0.29, 0.717) is 12.2 Å². The van der Waals surface area contributed by atoms with Gasteiger partial charge < -0.3 is 15.4 Å². The number of carboxylic acid groups (broad SMARTS) is 1. The van der Waals surface area contributed by atoms with E-state index in [1.165, 1.54) is 6.07 Å². The molecule has 1 heterocycles. The molecule has 0 fully saturated rings. The minimum absolute atomic E-state index is 0.117. The fourth-order valence-corrected chi connectivity index (χ4v) is 2.00. The van der Waals surface area contributed by atoms with Crippen molar-refractivity contribution >= 4 is 23.0 Å². The lowest BCUT2D eigenvalue weighted by Crippen LogP contribution is -2.07. The van der Waals surface area contributed by atoms with Crippen LogP contribution < -0.4 is 10.2 Å². The highest BCUT2D eigenvalue weighted by Crippen LogP contribution is 2.15. The molecule has 0 aliphatic carbocycles. The monoisotopic (exact) mass is 250 g/mol. The lowest BCUT2D eigenvalue weighted by Gasteiger charge is -2.07. The van der Waals surface area contributed by atoms with Crippen LogP contribution in [0.1, 0.15) is 16.1 Å². The summed E-state index contributed by atoms with van der Waals surface area (Å²) in [6, 6.07) is 6.64. The molecular formula is C11H10N2O3S. The molecule has 17 heavy (non-hydrogen) atoms. The summed E-state index contributed by atoms with van der Waals surface area (Å²) >= 11 is 1.08. The van der Waals surface area contributed by atoms with E-state index in [4.69, 9.17) is 5.11 Å². The first-order valence-electron chi connectivity index (χ1n) is 4.89. The summed E-state index contributed by atoms with van der Waals surface area (Å²) in [5, 5.41) is 13.7. The highest BCUT2D eigenvalue weighted by molar-refractivity contribution is 7.07. The van der Waals surface area contributed by atoms with E-state index in [-0.39, 0.29) is 10.4 Å². The summed E-state index contributed by atoms with van der Waals surface area (Å²) in [5.41, 5.74) is 1.48. The van der Waals surface area contributed by atoms with Crippen molar-refractivity contribution in [3.05, 3.63) is 50.6 Å². The van der Waals surface area contributed by atoms with Crippen molar-refractivity contribution in [3.63, 3.8) is 0 Å². The van der Waals surface area contributed by atoms with E-state index in [1.807, 2.05) is 0 Å². The predicted molar refractivity (Wildman–Crippen MR) is 65.7 cm³/mol. The minimum atomic E-state index is -0.980. The fraction of sp³-hybridized carbons (Fsp3) is 0.0909. The van der Waals surface area contributed by atoms with E-state index in [2.05, 4.69) is 10.3 Å². The molecule has 0 aliphatic rings. The van der Waals surface area contributed by atoms with E-state index in [1.54, 1.807) is 23.6 Å². The third-order valence-corrected chi connectivity index (χ3v) is 2.92. The molecule has 1 aromatic carbocycles. The van der Waals surface area contributed by atoms with Crippen molar-refractivity contribution < 1.29 is 9.90 Å². The Labute approximate surface area is 101 Å². The first-order chi connectivity index (χ1) is 8.16. The maximum Gasteiger partial charge on any atom is 0.337 e. The number of nitrogens with one attached hydrogen (secondary N) is 2. The summed E-state index contributed by atoms with van der Waals surface area (Å²) in [6.07, 6.45) is 0. The van der Waals surface area contributed by atoms with Crippen molar-refractivity contribution in [1.82, 2.24) is 4.98 Å². The topological polar surface area (TPSA) is 82.2 Å². The lowest BCUT2D eigenvalue weighted by molar-refractivity contribution is 0.0698. The number of para-hydroxylation sites is 1. The van der Waals surface area contributed by atoms with E-state index >= 15 is 0 Å². The highest BCUT2D eigenvalue weighted by atomic mass is 32.1. The van der Waals surface area contributed by atoms with Crippen LogP contribution >= 0.6 is 11.3 Å². The molecule has 0 saturated heterocycles. The van der Waals surface area contributed by atoms with Crippen LogP contribution in [0, 0.1) is 0 Å². The number of aromatic nitrogens is 1. The second-order valence-electron chi connectivity index (χ2n) is 3.38. The van der Waals surface area contributed by atoms with Crippen LogP contribution in [0.15, 0.2) is 34.4 Å². The molecule has 88 valence electrons. The van der Waals surface area contributed by atoms with Crippen LogP contribution in [-0.2, 0) is 6.54 Å². The van der Waals surface area contributed by atoms with Gasteiger partial charge >= 0.3 is 10.8 Å². The number of carbonyl (C=O) groups is 1. The van der Waals surface area contributed by atoms with Gasteiger partial charge in [-0.2, -0.15) is 0 Å². The number of rotatable bonds is 4. The number of aromatic amines is 1. The molecule has 3 N–H and O–H groups in total. The number of carboxylic acids is 1. The van der Waals surface area contributed by atoms with Crippen LogP contribution in [-0.4, -0.2) is 16.1 Å². The maximum absolute atomic E-state index is 10.9. The number of benzene rings is 1. The first-order valence-corrected chi connectivity index (χ1v) is 5.77. The van der Waals surface area contributed by atoms with Gasteiger partial charge in [0, 0.05) is 16.8 Å². The van der Waals surface area contributed by atoms with Crippen LogP contribution in [0.3, 0.4) is 0 Å². The minimum Gasteiger partial charge on any atom is -0.478 e. The largest absolute Gasteiger partial charge is 0.478 e. The van der Waals surface area contributed by atoms with Gasteiger partial charge in [0.25, 0.3) is 0 Å². The summed E-state index contributed by atoms with van der Waals surface area (Å²) in [7, 11) is 0. The van der Waals surface area contributed by atoms with Gasteiger partial charge in [-0.05, 0) is 12.1 Å². The van der Waals surface area contributed by atoms with Crippen molar-refractivity contribution in [2.75, 3.05) is 5.32 Å². The number of aromatic carboxylic acids is 1. The van der Waals surface area contributed by atoms with Crippen LogP contribution in [0.5, 0.6) is 0 Å². The Kier molecular flexibility index (Phi) is 3.24. The number of anilines is 1. The van der Waals surface area contributed by atoms with Gasteiger partial charge in [0.15, 0.2) is 0 Å². The quantitative estimate of drug-likeness (QED) is 0.772. The zero-order valence-corrected chi connectivity index (χ0v) is 9.58. The summed E-state index contributed by atoms with van der Waals surface area (Å²) in [6.45, 7) is 0.392. The Morgan fingerprint density at radius 3 is 2.82 bits per heavy atom. The van der Waals surface area contributed by atoms with E-state index < -0.39 is 5.97 Å².